The van der Waals surface area contributed by atoms with Crippen molar-refractivity contribution >= 4 is 17.6 Å². The van der Waals surface area contributed by atoms with Crippen LogP contribution in [0.25, 0.3) is 0 Å². The minimum Gasteiger partial charge on any atom is -0.485 e. The van der Waals surface area contributed by atoms with Crippen LogP contribution in [0.1, 0.15) is 37.7 Å². The van der Waals surface area contributed by atoms with Gasteiger partial charge < -0.3 is 16.2 Å². The third-order valence-corrected chi connectivity index (χ3v) is 4.74. The van der Waals surface area contributed by atoms with Crippen LogP contribution in [-0.2, 0) is 6.18 Å². The number of aliphatic imine (C=N–C) groups is 2. The Labute approximate surface area is 158 Å². The number of halogens is 5. The summed E-state index contributed by atoms with van der Waals surface area (Å²) in [5.41, 5.74) is 9.67. The SMILES string of the molecule is NC1=NC2(CCCCC2)N(c2cc(C(F)(F)F)ccc2OCC(F)F)C(N)=N1. The molecular weight excluding hydrogens is 385 g/mol. The number of benzene rings is 1. The monoisotopic (exact) mass is 405 g/mol. The minimum absolute atomic E-state index is 0.0716. The zero-order valence-corrected chi connectivity index (χ0v) is 14.8. The number of nitrogens with zero attached hydrogens (tertiary/aromatic N) is 3. The van der Waals surface area contributed by atoms with Crippen LogP contribution in [0, 0.1) is 0 Å². The molecule has 0 saturated heterocycles. The van der Waals surface area contributed by atoms with Crippen LogP contribution >= 0.6 is 0 Å². The summed E-state index contributed by atoms with van der Waals surface area (Å²) in [6.45, 7) is -0.971. The average Bonchev–Trinajstić information content (AvgIpc) is 2.59. The van der Waals surface area contributed by atoms with Gasteiger partial charge in [-0.3, -0.25) is 4.90 Å². The highest BCUT2D eigenvalue weighted by atomic mass is 19.4. The van der Waals surface area contributed by atoms with Crippen LogP contribution < -0.4 is 21.1 Å². The summed E-state index contributed by atoms with van der Waals surface area (Å²) in [6.07, 6.45) is -4.03. The van der Waals surface area contributed by atoms with E-state index in [1.165, 1.54) is 4.90 Å². The van der Waals surface area contributed by atoms with Gasteiger partial charge in [0.1, 0.15) is 18.0 Å². The molecule has 4 N–H and O–H groups in total. The van der Waals surface area contributed by atoms with Crippen LogP contribution in [0.15, 0.2) is 28.2 Å². The van der Waals surface area contributed by atoms with E-state index < -0.39 is 30.4 Å². The molecule has 0 bridgehead atoms. The molecule has 1 aromatic carbocycles. The summed E-state index contributed by atoms with van der Waals surface area (Å²) in [7, 11) is 0. The number of nitrogens with two attached hydrogens (primary N) is 2. The van der Waals surface area contributed by atoms with Gasteiger partial charge in [0.25, 0.3) is 6.43 Å². The first-order chi connectivity index (χ1) is 13.1. The van der Waals surface area contributed by atoms with Gasteiger partial charge in [0, 0.05) is 0 Å². The van der Waals surface area contributed by atoms with Crippen LogP contribution in [-0.4, -0.2) is 30.6 Å². The maximum Gasteiger partial charge on any atom is 0.416 e. The quantitative estimate of drug-likeness (QED) is 0.751. The molecule has 154 valence electrons. The van der Waals surface area contributed by atoms with Crippen LogP contribution in [0.3, 0.4) is 0 Å². The fourth-order valence-corrected chi connectivity index (χ4v) is 3.61. The molecule has 11 heteroatoms. The van der Waals surface area contributed by atoms with Crippen molar-refractivity contribution in [2.45, 2.75) is 50.4 Å². The first-order valence-electron chi connectivity index (χ1n) is 8.74. The predicted molar refractivity (Wildman–Crippen MR) is 94.5 cm³/mol. The number of guanidine groups is 2. The normalized spacial score (nSPS) is 19.6. The molecular formula is C17H20F5N5O. The lowest BCUT2D eigenvalue weighted by atomic mass is 9.87. The lowest BCUT2D eigenvalue weighted by Gasteiger charge is -2.46. The summed E-state index contributed by atoms with van der Waals surface area (Å²) < 4.78 is 70.2. The Bertz CT molecular complexity index is 787. The third-order valence-electron chi connectivity index (χ3n) is 4.74. The van der Waals surface area contributed by atoms with Gasteiger partial charge in [0.2, 0.25) is 11.9 Å². The zero-order valence-electron chi connectivity index (χ0n) is 14.8. The van der Waals surface area contributed by atoms with Gasteiger partial charge in [0.15, 0.2) is 0 Å². The molecule has 1 heterocycles. The molecule has 1 saturated carbocycles. The van der Waals surface area contributed by atoms with Gasteiger partial charge in [-0.25, -0.2) is 13.8 Å². The maximum absolute atomic E-state index is 13.3. The molecule has 1 aliphatic heterocycles. The standard InChI is InChI=1S/C17H20F5N5O/c18-13(19)9-28-12-5-4-10(17(20,21)22)8-11(12)27-15(24)25-14(23)26-16(27)6-2-1-3-7-16/h4-5,8,13H,1-3,6-7,9H2,(H4,23,24,25,26). The number of alkyl halides is 5. The number of rotatable bonds is 4. The van der Waals surface area contributed by atoms with Gasteiger partial charge in [-0.15, -0.1) is 0 Å². The Kier molecular flexibility index (Phi) is 5.35. The van der Waals surface area contributed by atoms with Gasteiger partial charge in [-0.05, 0) is 43.9 Å². The molecule has 3 rings (SSSR count). The second-order valence-corrected chi connectivity index (χ2v) is 6.70. The maximum atomic E-state index is 13.3. The summed E-state index contributed by atoms with van der Waals surface area (Å²) in [5, 5.41) is 0. The lowest BCUT2D eigenvalue weighted by Crippen LogP contribution is -2.58. The molecule has 1 fully saturated rings. The van der Waals surface area contributed by atoms with Crippen molar-refractivity contribution in [3.8, 4) is 5.75 Å². The largest absolute Gasteiger partial charge is 0.485 e. The molecule has 2 aliphatic rings. The highest BCUT2D eigenvalue weighted by Crippen LogP contribution is 2.44. The summed E-state index contributed by atoms with van der Waals surface area (Å²) in [4.78, 5) is 9.59. The van der Waals surface area contributed by atoms with E-state index in [-0.39, 0.29) is 23.4 Å². The van der Waals surface area contributed by atoms with E-state index in [9.17, 15) is 22.0 Å². The Balaban J connectivity index is 2.13. The zero-order chi connectivity index (χ0) is 20.5. The molecule has 1 aliphatic carbocycles. The Morgan fingerprint density at radius 1 is 1.14 bits per heavy atom. The second kappa shape index (κ2) is 7.44. The van der Waals surface area contributed by atoms with E-state index in [0.29, 0.717) is 12.8 Å². The third kappa shape index (κ3) is 3.97. The Morgan fingerprint density at radius 3 is 2.43 bits per heavy atom. The summed E-state index contributed by atoms with van der Waals surface area (Å²) >= 11 is 0. The molecule has 1 spiro atoms. The van der Waals surface area contributed by atoms with Crippen LogP contribution in [0.2, 0.25) is 0 Å². The number of ether oxygens (including phenoxy) is 1. The molecule has 0 unspecified atom stereocenters. The lowest BCUT2D eigenvalue weighted by molar-refractivity contribution is -0.137. The van der Waals surface area contributed by atoms with E-state index >= 15 is 0 Å². The molecule has 6 nitrogen and oxygen atoms in total. The summed E-state index contributed by atoms with van der Waals surface area (Å²) in [5.74, 6) is -0.389. The van der Waals surface area contributed by atoms with Crippen molar-refractivity contribution < 1.29 is 26.7 Å². The molecule has 28 heavy (non-hydrogen) atoms. The van der Waals surface area contributed by atoms with Crippen LogP contribution in [0.4, 0.5) is 27.6 Å². The van der Waals surface area contributed by atoms with E-state index in [1.54, 1.807) is 0 Å². The van der Waals surface area contributed by atoms with Crippen molar-refractivity contribution in [1.29, 1.82) is 0 Å². The molecule has 0 atom stereocenters. The van der Waals surface area contributed by atoms with Crippen molar-refractivity contribution in [3.63, 3.8) is 0 Å². The van der Waals surface area contributed by atoms with Crippen molar-refractivity contribution in [2.24, 2.45) is 21.5 Å². The minimum atomic E-state index is -4.64. The summed E-state index contributed by atoms with van der Waals surface area (Å²) in [6, 6.07) is 2.59. The fourth-order valence-electron chi connectivity index (χ4n) is 3.61. The van der Waals surface area contributed by atoms with Crippen molar-refractivity contribution in [3.05, 3.63) is 23.8 Å². The first-order valence-corrected chi connectivity index (χ1v) is 8.74. The highest BCUT2D eigenvalue weighted by Gasteiger charge is 2.44. The van der Waals surface area contributed by atoms with Gasteiger partial charge >= 0.3 is 6.18 Å². The molecule has 0 aromatic heterocycles. The van der Waals surface area contributed by atoms with E-state index in [2.05, 4.69) is 9.98 Å². The van der Waals surface area contributed by atoms with Gasteiger partial charge in [-0.2, -0.15) is 18.2 Å². The average molecular weight is 405 g/mol. The Hall–Kier alpha value is -2.59. The first kappa shape index (κ1) is 20.2. The van der Waals surface area contributed by atoms with Gasteiger partial charge in [-0.1, -0.05) is 6.42 Å². The number of hydrogen-bond acceptors (Lipinski definition) is 6. The molecule has 0 amide bonds. The van der Waals surface area contributed by atoms with Gasteiger partial charge in [0.05, 0.1) is 11.3 Å². The second-order valence-electron chi connectivity index (χ2n) is 6.70. The molecule has 0 radical (unpaired) electrons. The molecule has 1 aromatic rings. The topological polar surface area (TPSA) is 89.2 Å². The highest BCUT2D eigenvalue weighted by molar-refractivity contribution is 6.06. The van der Waals surface area contributed by atoms with E-state index in [4.69, 9.17) is 16.2 Å². The smallest absolute Gasteiger partial charge is 0.416 e. The van der Waals surface area contributed by atoms with Crippen molar-refractivity contribution in [2.75, 3.05) is 11.5 Å². The van der Waals surface area contributed by atoms with E-state index in [0.717, 1.165) is 37.5 Å². The van der Waals surface area contributed by atoms with Crippen molar-refractivity contribution in [1.82, 2.24) is 0 Å². The number of hydrogen-bond donors (Lipinski definition) is 2. The number of anilines is 1. The predicted octanol–water partition coefficient (Wildman–Crippen LogP) is 3.46. The Morgan fingerprint density at radius 2 is 1.82 bits per heavy atom. The van der Waals surface area contributed by atoms with E-state index in [1.807, 2.05) is 0 Å². The fraction of sp³-hybridized carbons (Fsp3) is 0.529. The van der Waals surface area contributed by atoms with Crippen LogP contribution in [0.5, 0.6) is 5.75 Å².